The van der Waals surface area contributed by atoms with Gasteiger partial charge >= 0.3 is 0 Å². The Morgan fingerprint density at radius 3 is 2.29 bits per heavy atom. The van der Waals surface area contributed by atoms with Gasteiger partial charge in [0.05, 0.1) is 5.69 Å². The third kappa shape index (κ3) is 3.89. The Labute approximate surface area is 123 Å². The first-order valence-electron chi connectivity index (χ1n) is 6.54. The van der Waals surface area contributed by atoms with Gasteiger partial charge in [-0.3, -0.25) is 4.79 Å². The zero-order valence-corrected chi connectivity index (χ0v) is 12.0. The highest BCUT2D eigenvalue weighted by molar-refractivity contribution is 5.83. The van der Waals surface area contributed by atoms with Gasteiger partial charge < -0.3 is 10.5 Å². The van der Waals surface area contributed by atoms with E-state index >= 15 is 0 Å². The molecule has 108 valence electrons. The maximum Gasteiger partial charge on any atom is 0.261 e. The minimum absolute atomic E-state index is 0.459. The largest absolute Gasteiger partial charge is 0.476 e. The molecule has 2 rings (SSSR count). The lowest BCUT2D eigenvalue weighted by Crippen LogP contribution is -2.43. The molecular formula is C16H17N3O2. The van der Waals surface area contributed by atoms with E-state index in [9.17, 15) is 4.79 Å². The number of ether oxygens (including phenoxy) is 1. The zero-order valence-electron chi connectivity index (χ0n) is 12.0. The van der Waals surface area contributed by atoms with Crippen molar-refractivity contribution in [1.29, 1.82) is 0 Å². The molecule has 0 saturated heterocycles. The van der Waals surface area contributed by atoms with Gasteiger partial charge in [-0.05, 0) is 38.1 Å². The van der Waals surface area contributed by atoms with Crippen LogP contribution in [0.5, 0.6) is 5.75 Å². The van der Waals surface area contributed by atoms with Crippen molar-refractivity contribution in [3.63, 3.8) is 0 Å². The summed E-state index contributed by atoms with van der Waals surface area (Å²) >= 11 is 0. The van der Waals surface area contributed by atoms with E-state index < -0.39 is 11.5 Å². The van der Waals surface area contributed by atoms with Crippen LogP contribution in [0.15, 0.2) is 64.8 Å². The molecule has 2 N–H and O–H groups in total. The first kappa shape index (κ1) is 14.7. The summed E-state index contributed by atoms with van der Waals surface area (Å²) in [6, 6.07) is 16.5. The van der Waals surface area contributed by atoms with Gasteiger partial charge in [-0.15, -0.1) is 5.11 Å². The van der Waals surface area contributed by atoms with Gasteiger partial charge in [-0.2, -0.15) is 5.11 Å². The molecule has 5 heteroatoms. The van der Waals surface area contributed by atoms with Crippen molar-refractivity contribution in [3.05, 3.63) is 54.6 Å². The van der Waals surface area contributed by atoms with Crippen molar-refractivity contribution in [2.24, 2.45) is 16.0 Å². The molecule has 2 aromatic rings. The van der Waals surface area contributed by atoms with Gasteiger partial charge in [0.2, 0.25) is 0 Å². The molecule has 0 aliphatic carbocycles. The van der Waals surface area contributed by atoms with E-state index in [0.29, 0.717) is 11.4 Å². The van der Waals surface area contributed by atoms with Gasteiger partial charge in [-0.1, -0.05) is 30.3 Å². The summed E-state index contributed by atoms with van der Waals surface area (Å²) in [5.74, 6) is -0.0849. The van der Waals surface area contributed by atoms with Crippen LogP contribution in [0.25, 0.3) is 0 Å². The minimum atomic E-state index is -1.11. The van der Waals surface area contributed by atoms with Crippen LogP contribution in [-0.4, -0.2) is 11.5 Å². The number of carbonyl (C=O) groups is 1. The molecule has 0 bridgehead atoms. The topological polar surface area (TPSA) is 77.0 Å². The van der Waals surface area contributed by atoms with E-state index in [1.54, 1.807) is 32.0 Å². The lowest BCUT2D eigenvalue weighted by molar-refractivity contribution is -0.130. The van der Waals surface area contributed by atoms with Crippen LogP contribution in [0.2, 0.25) is 0 Å². The molecule has 2 aromatic carbocycles. The number of nitrogens with two attached hydrogens (primary N) is 1. The number of para-hydroxylation sites is 1. The van der Waals surface area contributed by atoms with Crippen molar-refractivity contribution < 1.29 is 9.53 Å². The maximum absolute atomic E-state index is 11.4. The van der Waals surface area contributed by atoms with Crippen molar-refractivity contribution in [2.75, 3.05) is 0 Å². The van der Waals surface area contributed by atoms with E-state index in [1.165, 1.54) is 0 Å². The Kier molecular flexibility index (Phi) is 4.33. The van der Waals surface area contributed by atoms with Crippen molar-refractivity contribution in [1.82, 2.24) is 0 Å². The number of benzene rings is 2. The highest BCUT2D eigenvalue weighted by atomic mass is 16.5. The summed E-state index contributed by atoms with van der Waals surface area (Å²) in [5, 5.41) is 8.31. The Balaban J connectivity index is 2.25. The number of hydrogen-bond donors (Lipinski definition) is 1. The van der Waals surface area contributed by atoms with Crippen LogP contribution in [0.3, 0.4) is 0 Å². The molecular weight excluding hydrogens is 266 g/mol. The van der Waals surface area contributed by atoms with E-state index in [1.807, 2.05) is 36.4 Å². The summed E-state index contributed by atoms with van der Waals surface area (Å²) in [6.45, 7) is 3.22. The van der Waals surface area contributed by atoms with Crippen LogP contribution >= 0.6 is 0 Å². The fourth-order valence-corrected chi connectivity index (χ4v) is 1.56. The molecule has 0 radical (unpaired) electrons. The predicted molar refractivity (Wildman–Crippen MR) is 81.0 cm³/mol. The summed E-state index contributed by atoms with van der Waals surface area (Å²) in [7, 11) is 0. The van der Waals surface area contributed by atoms with Crippen LogP contribution in [0.1, 0.15) is 13.8 Å². The van der Waals surface area contributed by atoms with Crippen molar-refractivity contribution in [3.8, 4) is 5.75 Å². The quantitative estimate of drug-likeness (QED) is 0.848. The van der Waals surface area contributed by atoms with Crippen LogP contribution in [0.4, 0.5) is 11.4 Å². The first-order valence-corrected chi connectivity index (χ1v) is 6.54. The smallest absolute Gasteiger partial charge is 0.261 e. The molecule has 0 aliphatic heterocycles. The van der Waals surface area contributed by atoms with Gasteiger partial charge in [0.1, 0.15) is 11.4 Å². The maximum atomic E-state index is 11.4. The Morgan fingerprint density at radius 1 is 1.00 bits per heavy atom. The number of amides is 1. The Hall–Kier alpha value is -2.69. The summed E-state index contributed by atoms with van der Waals surface area (Å²) in [5.41, 5.74) is 5.48. The molecule has 0 unspecified atom stereocenters. The molecule has 0 atom stereocenters. The second-order valence-corrected chi connectivity index (χ2v) is 4.98. The second-order valence-electron chi connectivity index (χ2n) is 4.98. The van der Waals surface area contributed by atoms with Gasteiger partial charge in [0, 0.05) is 0 Å². The first-order chi connectivity index (χ1) is 9.99. The van der Waals surface area contributed by atoms with Crippen molar-refractivity contribution in [2.45, 2.75) is 19.4 Å². The zero-order chi connectivity index (χ0) is 15.3. The van der Waals surface area contributed by atoms with Crippen LogP contribution in [0, 0.1) is 0 Å². The second kappa shape index (κ2) is 6.17. The molecule has 5 nitrogen and oxygen atoms in total. The van der Waals surface area contributed by atoms with Crippen molar-refractivity contribution >= 4 is 17.3 Å². The highest BCUT2D eigenvalue weighted by Gasteiger charge is 2.27. The molecule has 0 fully saturated rings. The Bertz CT molecular complexity index is 652. The number of primary amides is 1. The number of rotatable bonds is 5. The summed E-state index contributed by atoms with van der Waals surface area (Å²) < 4.78 is 5.65. The summed E-state index contributed by atoms with van der Waals surface area (Å²) in [4.78, 5) is 11.4. The molecule has 0 heterocycles. The van der Waals surface area contributed by atoms with E-state index in [0.717, 1.165) is 5.69 Å². The number of carbonyl (C=O) groups excluding carboxylic acids is 1. The standard InChI is InChI=1S/C16H17N3O2/c1-16(2,15(17)20)21-14-11-7-6-10-13(14)19-18-12-8-4-3-5-9-12/h3-11H,1-2H3,(H2,17,20)/b19-18+. The van der Waals surface area contributed by atoms with Gasteiger partial charge in [-0.25, -0.2) is 0 Å². The number of hydrogen-bond acceptors (Lipinski definition) is 4. The predicted octanol–water partition coefficient (Wildman–Crippen LogP) is 3.74. The third-order valence-corrected chi connectivity index (χ3v) is 2.85. The SMILES string of the molecule is CC(C)(Oc1ccccc1/N=N/c1ccccc1)C(N)=O. The molecule has 21 heavy (non-hydrogen) atoms. The monoisotopic (exact) mass is 283 g/mol. The lowest BCUT2D eigenvalue weighted by Gasteiger charge is -2.23. The number of azo groups is 1. The highest BCUT2D eigenvalue weighted by Crippen LogP contribution is 2.31. The van der Waals surface area contributed by atoms with E-state index in [4.69, 9.17) is 10.5 Å². The van der Waals surface area contributed by atoms with Crippen LogP contribution < -0.4 is 10.5 Å². The Morgan fingerprint density at radius 2 is 1.62 bits per heavy atom. The number of nitrogens with zero attached hydrogens (tertiary/aromatic N) is 2. The summed E-state index contributed by atoms with van der Waals surface area (Å²) in [6.07, 6.45) is 0. The molecule has 0 aliphatic rings. The average molecular weight is 283 g/mol. The third-order valence-electron chi connectivity index (χ3n) is 2.85. The average Bonchev–Trinajstić information content (AvgIpc) is 2.47. The van der Waals surface area contributed by atoms with Gasteiger partial charge in [0.15, 0.2) is 5.60 Å². The van der Waals surface area contributed by atoms with E-state index in [-0.39, 0.29) is 0 Å². The van der Waals surface area contributed by atoms with E-state index in [2.05, 4.69) is 10.2 Å². The molecule has 0 spiro atoms. The lowest BCUT2D eigenvalue weighted by atomic mass is 10.1. The molecule has 1 amide bonds. The van der Waals surface area contributed by atoms with Crippen LogP contribution in [-0.2, 0) is 4.79 Å². The minimum Gasteiger partial charge on any atom is -0.476 e. The molecule has 0 saturated carbocycles. The molecule has 0 aromatic heterocycles. The fourth-order valence-electron chi connectivity index (χ4n) is 1.56. The van der Waals surface area contributed by atoms with Gasteiger partial charge in [0.25, 0.3) is 5.91 Å². The fraction of sp³-hybridized carbons (Fsp3) is 0.188. The normalized spacial score (nSPS) is 11.5.